The molecular formula is C26H29F2N3O2. The number of hydrogen-bond donors (Lipinski definition) is 0. The van der Waals surface area contributed by atoms with Gasteiger partial charge in [0.05, 0.1) is 0 Å². The molecular weight excluding hydrogens is 424 g/mol. The number of likely N-dealkylation sites (tertiary alicyclic amines) is 1. The molecule has 3 fully saturated rings. The molecule has 1 atom stereocenters. The number of nitrogens with zero attached hydrogens (tertiary/aromatic N) is 3. The van der Waals surface area contributed by atoms with E-state index >= 15 is 0 Å². The maximum atomic E-state index is 14.0. The number of carbonyl (C=O) groups is 2. The van der Waals surface area contributed by atoms with E-state index < -0.39 is 23.1 Å². The Morgan fingerprint density at radius 3 is 2.09 bits per heavy atom. The number of piperazine rings is 1. The van der Waals surface area contributed by atoms with Crippen LogP contribution in [0.4, 0.5) is 8.78 Å². The molecule has 1 aliphatic carbocycles. The third-order valence-electron chi connectivity index (χ3n) is 7.64. The standard InChI is InChI=1S/C26H29F2N3O2/c27-21-7-4-8-22(28)23(21)25(33)30-11-9-26(10-12-30)17-20(26)24(32)31-15-13-29(14-16-31)18-19-5-2-1-3-6-19/h1-8,20H,9-18H2/t20-/m0/s1. The van der Waals surface area contributed by atoms with Crippen LogP contribution in [-0.4, -0.2) is 65.8 Å². The number of amides is 2. The summed E-state index contributed by atoms with van der Waals surface area (Å²) in [5.41, 5.74) is 0.753. The van der Waals surface area contributed by atoms with E-state index in [4.69, 9.17) is 0 Å². The first-order chi connectivity index (χ1) is 16.0. The van der Waals surface area contributed by atoms with Crippen molar-refractivity contribution in [2.45, 2.75) is 25.8 Å². The van der Waals surface area contributed by atoms with E-state index in [9.17, 15) is 18.4 Å². The van der Waals surface area contributed by atoms with Gasteiger partial charge in [-0.1, -0.05) is 36.4 Å². The molecule has 2 amide bonds. The lowest BCUT2D eigenvalue weighted by Gasteiger charge is -2.36. The van der Waals surface area contributed by atoms with Crippen LogP contribution in [0.3, 0.4) is 0 Å². The van der Waals surface area contributed by atoms with E-state index in [2.05, 4.69) is 17.0 Å². The zero-order valence-corrected chi connectivity index (χ0v) is 18.7. The van der Waals surface area contributed by atoms with Gasteiger partial charge in [-0.2, -0.15) is 0 Å². The van der Waals surface area contributed by atoms with Crippen LogP contribution in [0.1, 0.15) is 35.2 Å². The van der Waals surface area contributed by atoms with E-state index in [1.807, 2.05) is 23.1 Å². The van der Waals surface area contributed by atoms with Crippen molar-refractivity contribution in [1.29, 1.82) is 0 Å². The predicted molar refractivity (Wildman–Crippen MR) is 120 cm³/mol. The molecule has 2 aliphatic heterocycles. The van der Waals surface area contributed by atoms with Crippen LogP contribution in [0, 0.1) is 23.0 Å². The van der Waals surface area contributed by atoms with Crippen LogP contribution in [-0.2, 0) is 11.3 Å². The molecule has 2 heterocycles. The second-order valence-electron chi connectivity index (χ2n) is 9.59. The Hall–Kier alpha value is -2.80. The summed E-state index contributed by atoms with van der Waals surface area (Å²) in [5.74, 6) is -2.01. The van der Waals surface area contributed by atoms with Gasteiger partial charge in [0.2, 0.25) is 5.91 Å². The molecule has 5 nitrogen and oxygen atoms in total. The van der Waals surface area contributed by atoms with Crippen molar-refractivity contribution >= 4 is 11.8 Å². The normalized spacial score (nSPS) is 22.4. The van der Waals surface area contributed by atoms with Gasteiger partial charge in [-0.25, -0.2) is 8.78 Å². The first-order valence-electron chi connectivity index (χ1n) is 11.8. The van der Waals surface area contributed by atoms with Crippen molar-refractivity contribution in [1.82, 2.24) is 14.7 Å². The molecule has 0 bridgehead atoms. The van der Waals surface area contributed by atoms with Gasteiger partial charge in [-0.05, 0) is 42.4 Å². The van der Waals surface area contributed by atoms with Crippen molar-refractivity contribution in [2.75, 3.05) is 39.3 Å². The average Bonchev–Trinajstić information content (AvgIpc) is 3.53. The van der Waals surface area contributed by atoms with Crippen molar-refractivity contribution in [2.24, 2.45) is 11.3 Å². The average molecular weight is 454 g/mol. The Morgan fingerprint density at radius 2 is 1.45 bits per heavy atom. The number of halogens is 2. The first-order valence-corrected chi connectivity index (χ1v) is 11.8. The second kappa shape index (κ2) is 8.86. The van der Waals surface area contributed by atoms with Gasteiger partial charge >= 0.3 is 0 Å². The fourth-order valence-corrected chi connectivity index (χ4v) is 5.45. The van der Waals surface area contributed by atoms with Crippen LogP contribution in [0.5, 0.6) is 0 Å². The highest BCUT2D eigenvalue weighted by atomic mass is 19.1. The van der Waals surface area contributed by atoms with Gasteiger partial charge in [-0.15, -0.1) is 0 Å². The van der Waals surface area contributed by atoms with E-state index in [-0.39, 0.29) is 17.2 Å². The van der Waals surface area contributed by atoms with Crippen LogP contribution >= 0.6 is 0 Å². The van der Waals surface area contributed by atoms with Crippen molar-refractivity contribution in [3.63, 3.8) is 0 Å². The summed E-state index contributed by atoms with van der Waals surface area (Å²) in [6.45, 7) is 5.00. The minimum absolute atomic E-state index is 0.0145. The molecule has 2 saturated heterocycles. The van der Waals surface area contributed by atoms with E-state index in [1.54, 1.807) is 0 Å². The van der Waals surface area contributed by atoms with E-state index in [0.717, 1.165) is 51.3 Å². The van der Waals surface area contributed by atoms with Gasteiger partial charge in [0.1, 0.15) is 17.2 Å². The highest BCUT2D eigenvalue weighted by molar-refractivity contribution is 5.95. The van der Waals surface area contributed by atoms with Gasteiger partial charge in [0.25, 0.3) is 5.91 Å². The monoisotopic (exact) mass is 453 g/mol. The Kier molecular flexibility index (Phi) is 5.91. The minimum atomic E-state index is -0.828. The van der Waals surface area contributed by atoms with Gasteiger partial charge < -0.3 is 9.80 Å². The molecule has 1 spiro atoms. The molecule has 2 aromatic rings. The van der Waals surface area contributed by atoms with Crippen LogP contribution in [0.25, 0.3) is 0 Å². The Balaban J connectivity index is 1.12. The number of carbonyl (C=O) groups excluding carboxylic acids is 2. The van der Waals surface area contributed by atoms with Crippen molar-refractivity contribution in [3.05, 3.63) is 71.3 Å². The summed E-state index contributed by atoms with van der Waals surface area (Å²) < 4.78 is 28.0. The molecule has 174 valence electrons. The summed E-state index contributed by atoms with van der Waals surface area (Å²) in [6, 6.07) is 13.8. The van der Waals surface area contributed by atoms with Gasteiger partial charge in [-0.3, -0.25) is 14.5 Å². The lowest BCUT2D eigenvalue weighted by Crippen LogP contribution is -2.49. The summed E-state index contributed by atoms with van der Waals surface area (Å²) in [5, 5.41) is 0. The van der Waals surface area contributed by atoms with E-state index in [1.165, 1.54) is 16.5 Å². The zero-order valence-electron chi connectivity index (χ0n) is 18.7. The summed E-state index contributed by atoms with van der Waals surface area (Å²) in [6.07, 6.45) is 2.27. The summed E-state index contributed by atoms with van der Waals surface area (Å²) in [7, 11) is 0. The molecule has 1 saturated carbocycles. The molecule has 2 aromatic carbocycles. The SMILES string of the molecule is O=C(c1c(F)cccc1F)N1CCC2(CC1)C[C@H]2C(=O)N1CCN(Cc2ccccc2)CC1. The summed E-state index contributed by atoms with van der Waals surface area (Å²) in [4.78, 5) is 31.7. The zero-order chi connectivity index (χ0) is 23.0. The topological polar surface area (TPSA) is 43.9 Å². The molecule has 0 radical (unpaired) electrons. The maximum absolute atomic E-state index is 14.0. The fourth-order valence-electron chi connectivity index (χ4n) is 5.45. The summed E-state index contributed by atoms with van der Waals surface area (Å²) >= 11 is 0. The van der Waals surface area contributed by atoms with Crippen molar-refractivity contribution in [3.8, 4) is 0 Å². The lowest BCUT2D eigenvalue weighted by molar-refractivity contribution is -0.135. The quantitative estimate of drug-likeness (QED) is 0.711. The number of piperidine rings is 1. The van der Waals surface area contributed by atoms with E-state index in [0.29, 0.717) is 25.9 Å². The Bertz CT molecular complexity index is 1010. The minimum Gasteiger partial charge on any atom is -0.340 e. The molecule has 7 heteroatoms. The van der Waals surface area contributed by atoms with Crippen molar-refractivity contribution < 1.29 is 18.4 Å². The predicted octanol–water partition coefficient (Wildman–Crippen LogP) is 3.55. The molecule has 0 aromatic heterocycles. The Labute approximate surface area is 193 Å². The second-order valence-corrected chi connectivity index (χ2v) is 9.59. The number of benzene rings is 2. The molecule has 5 rings (SSSR count). The Morgan fingerprint density at radius 1 is 0.818 bits per heavy atom. The number of rotatable bonds is 4. The van der Waals surface area contributed by atoms with Crippen LogP contribution in [0.15, 0.2) is 48.5 Å². The van der Waals surface area contributed by atoms with Gasteiger partial charge in [0.15, 0.2) is 0 Å². The largest absolute Gasteiger partial charge is 0.340 e. The van der Waals surface area contributed by atoms with Gasteiger partial charge in [0, 0.05) is 51.7 Å². The first kappa shape index (κ1) is 22.0. The lowest BCUT2D eigenvalue weighted by atomic mass is 9.90. The smallest absolute Gasteiger partial charge is 0.259 e. The third-order valence-corrected chi connectivity index (χ3v) is 7.64. The number of hydrogen-bond acceptors (Lipinski definition) is 3. The highest BCUT2D eigenvalue weighted by Crippen LogP contribution is 2.60. The van der Waals surface area contributed by atoms with Crippen LogP contribution in [0.2, 0.25) is 0 Å². The van der Waals surface area contributed by atoms with Crippen LogP contribution < -0.4 is 0 Å². The fraction of sp³-hybridized carbons (Fsp3) is 0.462. The maximum Gasteiger partial charge on any atom is 0.259 e. The third kappa shape index (κ3) is 4.38. The highest BCUT2D eigenvalue weighted by Gasteiger charge is 2.59. The molecule has 0 N–H and O–H groups in total. The molecule has 0 unspecified atom stereocenters. The molecule has 33 heavy (non-hydrogen) atoms. The molecule has 3 aliphatic rings.